The van der Waals surface area contributed by atoms with Crippen LogP contribution in [0.1, 0.15) is 0 Å². The van der Waals surface area contributed by atoms with Crippen molar-refractivity contribution in [3.8, 4) is 0 Å². The first kappa shape index (κ1) is 12.8. The van der Waals surface area contributed by atoms with Crippen molar-refractivity contribution >= 4 is 70.2 Å². The van der Waals surface area contributed by atoms with Gasteiger partial charge in [0, 0.05) is 0 Å². The number of hydrogen-bond donors (Lipinski definition) is 0. The Morgan fingerprint density at radius 3 is 2.30 bits per heavy atom. The predicted molar refractivity (Wildman–Crippen MR) is 70.0 cm³/mol. The number of hydrogen-bond acceptors (Lipinski definition) is 0. The molecule has 0 unspecified atom stereocenters. The Hall–Kier alpha value is 2.75. The average Bonchev–Trinajstić information content (AvgIpc) is 1.87. The predicted octanol–water partition coefficient (Wildman–Crippen LogP) is 6.79. The molecule has 0 bridgehead atoms. The standard InChI is InChI=1S/CH4P8S/c1-10(3)9-8-7-6-5-4-2/h2H,1H3. The van der Waals surface area contributed by atoms with Gasteiger partial charge in [0.2, 0.25) is 0 Å². The van der Waals surface area contributed by atoms with Gasteiger partial charge in [-0.2, -0.15) is 0 Å². The zero-order chi connectivity index (χ0) is 7.82. The van der Waals surface area contributed by atoms with Crippen LogP contribution in [0.25, 0.3) is 0 Å². The van der Waals surface area contributed by atoms with E-state index in [0.29, 0.717) is 9.05 Å². The van der Waals surface area contributed by atoms with Crippen molar-refractivity contribution < 1.29 is 0 Å². The average molecular weight is 296 g/mol. The number of rotatable bonds is 3. The molecular weight excluding hydrogens is 292 g/mol. The molecule has 0 saturated heterocycles. The van der Waals surface area contributed by atoms with Crippen LogP contribution in [0.3, 0.4) is 0 Å². The second-order valence-electron chi connectivity index (χ2n) is 0.986. The topological polar surface area (TPSA) is 0 Å². The van der Waals surface area contributed by atoms with Gasteiger partial charge in [0.15, 0.2) is 0 Å². The van der Waals surface area contributed by atoms with E-state index < -0.39 is 0 Å². The van der Waals surface area contributed by atoms with Crippen LogP contribution in [0, 0.1) is 0 Å². The van der Waals surface area contributed by atoms with E-state index >= 15 is 0 Å². The molecule has 0 atom stereocenters. The maximum absolute atomic E-state index is 4.31. The van der Waals surface area contributed by atoms with Gasteiger partial charge < -0.3 is 0 Å². The SMILES string of the molecule is CS(#P)=PP=PP=PP=P. The molecule has 0 N–H and O–H groups in total. The van der Waals surface area contributed by atoms with Crippen molar-refractivity contribution in [2.75, 3.05) is 6.26 Å². The van der Waals surface area contributed by atoms with Crippen LogP contribution in [0.15, 0.2) is 0 Å². The summed E-state index contributed by atoms with van der Waals surface area (Å²) in [6.07, 6.45) is 2.16. The van der Waals surface area contributed by atoms with Gasteiger partial charge in [-0.3, -0.25) is 0 Å². The molecule has 9 heteroatoms. The molecule has 0 spiro atoms. The van der Waals surface area contributed by atoms with Crippen LogP contribution < -0.4 is 0 Å². The van der Waals surface area contributed by atoms with Gasteiger partial charge in [-0.1, -0.05) is 0 Å². The van der Waals surface area contributed by atoms with E-state index in [1.165, 1.54) is 44.8 Å². The summed E-state index contributed by atoms with van der Waals surface area (Å²) < 4.78 is 0. The molecule has 0 radical (unpaired) electrons. The molecule has 0 fully saturated rings. The van der Waals surface area contributed by atoms with Gasteiger partial charge in [0.1, 0.15) is 0 Å². The fourth-order valence-corrected chi connectivity index (χ4v) is 24.4. The van der Waals surface area contributed by atoms with Gasteiger partial charge in [-0.05, 0) is 0 Å². The third-order valence-electron chi connectivity index (χ3n) is 0.319. The first-order valence-electron chi connectivity index (χ1n) is 2.00. The summed E-state index contributed by atoms with van der Waals surface area (Å²) >= 11 is 0. The molecule has 54 valence electrons. The van der Waals surface area contributed by atoms with Gasteiger partial charge in [0.05, 0.1) is 0 Å². The van der Waals surface area contributed by atoms with E-state index in [9.17, 15) is 0 Å². The Morgan fingerprint density at radius 1 is 1.20 bits per heavy atom. The first-order chi connectivity index (χ1) is 4.77. The molecule has 0 nitrogen and oxygen atoms in total. The molecule has 0 aliphatic heterocycles. The molecule has 10 heavy (non-hydrogen) atoms. The molecule has 0 rings (SSSR count). The van der Waals surface area contributed by atoms with E-state index in [4.69, 9.17) is 0 Å². The van der Waals surface area contributed by atoms with Crippen molar-refractivity contribution in [1.29, 1.82) is 0 Å². The minimum atomic E-state index is 0.304. The molecule has 0 aromatic heterocycles. The van der Waals surface area contributed by atoms with Crippen LogP contribution >= 0.6 is 61.2 Å². The monoisotopic (exact) mass is 296 g/mol. The quantitative estimate of drug-likeness (QED) is 0.503. The fraction of sp³-hybridized carbons (Fsp3) is 1.00. The molecule has 0 aliphatic carbocycles. The van der Waals surface area contributed by atoms with Crippen LogP contribution in [-0.2, 0) is 9.05 Å². The Balaban J connectivity index is 3.83. The first-order valence-corrected chi connectivity index (χ1v) is 15.5. The van der Waals surface area contributed by atoms with Crippen LogP contribution in [0.2, 0.25) is 0 Å². The van der Waals surface area contributed by atoms with Crippen molar-refractivity contribution in [3.63, 3.8) is 0 Å². The summed E-state index contributed by atoms with van der Waals surface area (Å²) in [6, 6.07) is 0. The van der Waals surface area contributed by atoms with E-state index in [0.717, 1.165) is 0 Å². The van der Waals surface area contributed by atoms with Crippen molar-refractivity contribution in [2.24, 2.45) is 0 Å². The van der Waals surface area contributed by atoms with Crippen LogP contribution in [0.4, 0.5) is 0 Å². The van der Waals surface area contributed by atoms with Crippen molar-refractivity contribution in [1.82, 2.24) is 0 Å². The normalized spacial score (nSPS) is 13.8. The van der Waals surface area contributed by atoms with E-state index in [2.05, 4.69) is 22.6 Å². The maximum atomic E-state index is 4.31. The molecule has 0 aliphatic rings. The summed E-state index contributed by atoms with van der Waals surface area (Å²) in [4.78, 5) is 0. The summed E-state index contributed by atoms with van der Waals surface area (Å²) in [5.74, 6) is 0. The van der Waals surface area contributed by atoms with Gasteiger partial charge in [-0.25, -0.2) is 0 Å². The summed E-state index contributed by atoms with van der Waals surface area (Å²) in [6.45, 7) is 0. The van der Waals surface area contributed by atoms with Crippen LogP contribution in [-0.4, -0.2) is 6.26 Å². The zero-order valence-corrected chi connectivity index (χ0v) is 13.1. The third-order valence-corrected chi connectivity index (χ3v) is 21.5. The third kappa shape index (κ3) is 10.8. The van der Waals surface area contributed by atoms with E-state index in [-0.39, 0.29) is 0 Å². The molecule has 0 saturated carbocycles. The summed E-state index contributed by atoms with van der Waals surface area (Å²) in [5.41, 5.74) is 0. The molecule has 0 aromatic rings. The molecule has 0 amide bonds. The molecular formula is CH4P8S. The molecule has 0 heterocycles. The van der Waals surface area contributed by atoms with Crippen molar-refractivity contribution in [3.05, 3.63) is 0 Å². The summed E-state index contributed by atoms with van der Waals surface area (Å²) in [7, 11) is 16.7. The Labute approximate surface area is 76.3 Å². The van der Waals surface area contributed by atoms with E-state index in [1.807, 2.05) is 0 Å². The second kappa shape index (κ2) is 9.84. The minimum absolute atomic E-state index is 0.304. The Kier molecular flexibility index (Phi) is 12.5. The van der Waals surface area contributed by atoms with Crippen molar-refractivity contribution in [2.45, 2.75) is 0 Å². The second-order valence-corrected chi connectivity index (χ2v) is 20.1. The fourth-order valence-electron chi connectivity index (χ4n) is 0.125. The van der Waals surface area contributed by atoms with Crippen LogP contribution in [0.5, 0.6) is 0 Å². The Bertz CT molecular complexity index is 265. The molecule has 0 aromatic carbocycles. The van der Waals surface area contributed by atoms with Gasteiger partial charge in [0.25, 0.3) is 0 Å². The van der Waals surface area contributed by atoms with E-state index in [1.54, 1.807) is 0 Å². The summed E-state index contributed by atoms with van der Waals surface area (Å²) in [5, 5.41) is 0. The van der Waals surface area contributed by atoms with Gasteiger partial charge >= 0.3 is 76.5 Å². The van der Waals surface area contributed by atoms with Gasteiger partial charge in [-0.15, -0.1) is 0 Å². The zero-order valence-electron chi connectivity index (χ0n) is 5.04. The Morgan fingerprint density at radius 2 is 1.80 bits per heavy atom.